The van der Waals surface area contributed by atoms with Gasteiger partial charge in [0.2, 0.25) is 0 Å². The van der Waals surface area contributed by atoms with Gasteiger partial charge in [-0.3, -0.25) is 0 Å². The maximum atomic E-state index is 8.88. The Bertz CT molecular complexity index is 239. The van der Waals surface area contributed by atoms with Crippen LogP contribution in [0.25, 0.3) is 0 Å². The van der Waals surface area contributed by atoms with Crippen LogP contribution in [0.5, 0.6) is 0 Å². The molecule has 8 heteroatoms. The summed E-state index contributed by atoms with van der Waals surface area (Å²) in [7, 11) is -5.80. The largest absolute Gasteiger partial charge is 0.466 e. The summed E-state index contributed by atoms with van der Waals surface area (Å²) in [6.45, 7) is 24.3. The molecule has 0 fully saturated rings. The van der Waals surface area contributed by atoms with Gasteiger partial charge in [0.05, 0.1) is 26.4 Å². The fourth-order valence-electron chi connectivity index (χ4n) is 0. The van der Waals surface area contributed by atoms with Crippen LogP contribution in [0.15, 0.2) is 36.8 Å². The van der Waals surface area contributed by atoms with Crippen LogP contribution in [0.2, 0.25) is 39.3 Å². The Kier molecular flexibility index (Phi) is 26.8. The Morgan fingerprint density at radius 1 is 0.700 bits per heavy atom. The van der Waals surface area contributed by atoms with Gasteiger partial charge in [-0.15, -0.1) is 36.8 Å². The van der Waals surface area contributed by atoms with Crippen molar-refractivity contribution in [3.05, 3.63) is 36.8 Å². The molecule has 0 saturated heterocycles. The number of phosphoric acid groups is 1. The molecule has 0 aromatic heterocycles. The third-order valence-corrected chi connectivity index (χ3v) is 4.24. The van der Waals surface area contributed by atoms with E-state index in [1.165, 1.54) is 0 Å². The summed E-state index contributed by atoms with van der Waals surface area (Å²) in [5, 5.41) is 0. The van der Waals surface area contributed by atoms with Crippen LogP contribution in [0, 0.1) is 0 Å². The van der Waals surface area contributed by atoms with E-state index >= 15 is 0 Å². The predicted octanol–water partition coefficient (Wildman–Crippen LogP) is 2.67. The van der Waals surface area contributed by atoms with E-state index in [1.807, 2.05) is 0 Å². The zero-order chi connectivity index (χ0) is 17.4. The Labute approximate surface area is 130 Å². The lowest BCUT2D eigenvalue weighted by Crippen LogP contribution is -1.89. The SMILES string of the molecule is C=C[SiH](C)C.C=C[SiH](C)C.C=C[SiH](C)C.O=P(O)(O)O. The number of hydrogen-bond donors (Lipinski definition) is 3. The smallest absolute Gasteiger partial charge is 0.303 e. The van der Waals surface area contributed by atoms with Gasteiger partial charge in [-0.2, -0.15) is 0 Å². The van der Waals surface area contributed by atoms with Gasteiger partial charge in [-0.1, -0.05) is 39.3 Å². The summed E-state index contributed by atoms with van der Waals surface area (Å²) < 4.78 is 8.88. The molecule has 0 aromatic rings. The lowest BCUT2D eigenvalue weighted by molar-refractivity contribution is 0.275. The van der Waals surface area contributed by atoms with Crippen molar-refractivity contribution >= 4 is 34.2 Å². The highest BCUT2D eigenvalue weighted by Gasteiger charge is 2.00. The van der Waals surface area contributed by atoms with Crippen LogP contribution in [0.1, 0.15) is 0 Å². The molecule has 0 aliphatic heterocycles. The van der Waals surface area contributed by atoms with E-state index in [1.54, 1.807) is 0 Å². The normalized spacial score (nSPS) is 9.40. The van der Waals surface area contributed by atoms with Crippen molar-refractivity contribution in [2.24, 2.45) is 0 Å². The molecule has 122 valence electrons. The summed E-state index contributed by atoms with van der Waals surface area (Å²) >= 11 is 0. The van der Waals surface area contributed by atoms with Gasteiger partial charge in [0, 0.05) is 0 Å². The fourth-order valence-corrected chi connectivity index (χ4v) is 0. The Hall–Kier alpha value is -0.0194. The minimum Gasteiger partial charge on any atom is -0.303 e. The Morgan fingerprint density at radius 2 is 0.750 bits per heavy atom. The van der Waals surface area contributed by atoms with Crippen molar-refractivity contribution in [1.29, 1.82) is 0 Å². The van der Waals surface area contributed by atoms with Crippen molar-refractivity contribution in [2.45, 2.75) is 39.3 Å². The monoisotopic (exact) mass is 356 g/mol. The molecule has 0 heterocycles. The first-order valence-electron chi connectivity index (χ1n) is 6.47. The molecule has 0 aromatic carbocycles. The minimum atomic E-state index is -4.64. The van der Waals surface area contributed by atoms with Crippen LogP contribution >= 0.6 is 7.82 Å². The molecule has 0 aliphatic carbocycles. The predicted molar refractivity (Wildman–Crippen MR) is 101 cm³/mol. The number of rotatable bonds is 3. The van der Waals surface area contributed by atoms with E-state index in [0.29, 0.717) is 0 Å². The third kappa shape index (κ3) is 145. The molecule has 0 unspecified atom stereocenters. The van der Waals surface area contributed by atoms with E-state index in [-0.39, 0.29) is 26.4 Å². The first-order chi connectivity index (χ1) is 8.81. The number of hydrogen-bond acceptors (Lipinski definition) is 1. The summed E-state index contributed by atoms with van der Waals surface area (Å²) in [5.74, 6) is 0. The lowest BCUT2D eigenvalue weighted by Gasteiger charge is -1.82. The zero-order valence-corrected chi connectivity index (χ0v) is 18.1. The molecule has 0 amide bonds. The molecule has 4 nitrogen and oxygen atoms in total. The zero-order valence-electron chi connectivity index (χ0n) is 13.8. The highest BCUT2D eigenvalue weighted by atomic mass is 31.2. The molecule has 20 heavy (non-hydrogen) atoms. The molecule has 0 saturated carbocycles. The van der Waals surface area contributed by atoms with Crippen molar-refractivity contribution in [1.82, 2.24) is 0 Å². The van der Waals surface area contributed by atoms with Crippen LogP contribution in [0.4, 0.5) is 0 Å². The van der Waals surface area contributed by atoms with E-state index in [4.69, 9.17) is 19.2 Å². The highest BCUT2D eigenvalue weighted by Crippen LogP contribution is 2.25. The fraction of sp³-hybridized carbons (Fsp3) is 0.500. The van der Waals surface area contributed by atoms with Crippen LogP contribution in [-0.4, -0.2) is 41.1 Å². The van der Waals surface area contributed by atoms with Crippen molar-refractivity contribution < 1.29 is 19.2 Å². The molecule has 0 radical (unpaired) electrons. The van der Waals surface area contributed by atoms with Gasteiger partial charge in [0.25, 0.3) is 0 Å². The van der Waals surface area contributed by atoms with Crippen molar-refractivity contribution in [2.75, 3.05) is 0 Å². The molecular formula is C12H33O4PSi3. The van der Waals surface area contributed by atoms with Gasteiger partial charge in [0.15, 0.2) is 0 Å². The van der Waals surface area contributed by atoms with E-state index in [9.17, 15) is 0 Å². The molecule has 0 bridgehead atoms. The van der Waals surface area contributed by atoms with E-state index in [0.717, 1.165) is 0 Å². The summed E-state index contributed by atoms with van der Waals surface area (Å²) in [5.41, 5.74) is 6.17. The second-order valence-electron chi connectivity index (χ2n) is 4.95. The van der Waals surface area contributed by atoms with Crippen LogP contribution in [-0.2, 0) is 4.57 Å². The van der Waals surface area contributed by atoms with Gasteiger partial charge in [-0.25, -0.2) is 4.57 Å². The average Bonchev–Trinajstić information content (AvgIpc) is 2.28. The lowest BCUT2D eigenvalue weighted by atomic mass is 11.3. The van der Waals surface area contributed by atoms with Crippen LogP contribution < -0.4 is 0 Å². The third-order valence-electron chi connectivity index (χ3n) is 1.41. The van der Waals surface area contributed by atoms with Gasteiger partial charge < -0.3 is 14.7 Å². The second kappa shape index (κ2) is 19.0. The minimum absolute atomic E-state index is 0.386. The Morgan fingerprint density at radius 3 is 0.750 bits per heavy atom. The van der Waals surface area contributed by atoms with Gasteiger partial charge >= 0.3 is 7.82 Å². The van der Waals surface area contributed by atoms with Gasteiger partial charge in [0.1, 0.15) is 0 Å². The summed E-state index contributed by atoms with van der Waals surface area (Å²) in [4.78, 5) is 21.6. The first kappa shape index (κ1) is 28.2. The summed E-state index contributed by atoms with van der Waals surface area (Å²) in [6, 6.07) is 0. The maximum absolute atomic E-state index is 8.88. The molecule has 0 rings (SSSR count). The maximum Gasteiger partial charge on any atom is 0.466 e. The molecular weight excluding hydrogens is 323 g/mol. The highest BCUT2D eigenvalue weighted by molar-refractivity contribution is 7.45. The molecule has 3 N–H and O–H groups in total. The van der Waals surface area contributed by atoms with E-state index in [2.05, 4.69) is 76.1 Å². The average molecular weight is 357 g/mol. The second-order valence-corrected chi connectivity index (χ2v) is 14.9. The van der Waals surface area contributed by atoms with Gasteiger partial charge in [-0.05, 0) is 0 Å². The Balaban J connectivity index is -0.0000000853. The standard InChI is InChI=1S/3C4H10Si.H3O4P/c3*1-4-5(2)3;1-5(2,3)4/h3*4-5H,1H2,2-3H3;(H3,1,2,3,4). The van der Waals surface area contributed by atoms with Crippen LogP contribution in [0.3, 0.4) is 0 Å². The molecule has 0 aliphatic rings. The molecule has 0 atom stereocenters. The van der Waals surface area contributed by atoms with Crippen molar-refractivity contribution in [3.63, 3.8) is 0 Å². The quantitative estimate of drug-likeness (QED) is 0.537. The summed E-state index contributed by atoms with van der Waals surface area (Å²) in [6.07, 6.45) is 0. The van der Waals surface area contributed by atoms with E-state index < -0.39 is 7.82 Å². The first-order valence-corrected chi connectivity index (χ1v) is 17.0. The topological polar surface area (TPSA) is 77.8 Å². The molecule has 0 spiro atoms. The van der Waals surface area contributed by atoms with Crippen molar-refractivity contribution in [3.8, 4) is 0 Å².